The van der Waals surface area contributed by atoms with Gasteiger partial charge >= 0.3 is 5.97 Å². The molecule has 0 aromatic carbocycles. The molecular formula is C10H10N2O4S. The number of carbonyl (C=O) groups excluding carboxylic acids is 2. The number of thiophene rings is 1. The fourth-order valence-corrected chi connectivity index (χ4v) is 1.85. The lowest BCUT2D eigenvalue weighted by atomic mass is 10.2. The second-order valence-corrected chi connectivity index (χ2v) is 3.94. The van der Waals surface area contributed by atoms with Crippen molar-refractivity contribution in [1.82, 2.24) is 5.32 Å². The molecule has 0 spiro atoms. The Morgan fingerprint density at radius 2 is 2.18 bits per heavy atom. The molecular weight excluding hydrogens is 244 g/mol. The Labute approximate surface area is 101 Å². The molecule has 1 aromatic heterocycles. The topological polar surface area (TPSA) is 109 Å². The third kappa shape index (κ3) is 4.07. The monoisotopic (exact) mass is 254 g/mol. The average Bonchev–Trinajstić information content (AvgIpc) is 2.71. The first-order valence-corrected chi connectivity index (χ1v) is 5.43. The molecule has 1 heterocycles. The van der Waals surface area contributed by atoms with Gasteiger partial charge in [-0.15, -0.1) is 11.3 Å². The summed E-state index contributed by atoms with van der Waals surface area (Å²) in [7, 11) is 0. The predicted molar refractivity (Wildman–Crippen MR) is 62.5 cm³/mol. The summed E-state index contributed by atoms with van der Waals surface area (Å²) in [5.41, 5.74) is 5.37. The van der Waals surface area contributed by atoms with Crippen molar-refractivity contribution in [2.24, 2.45) is 5.73 Å². The molecule has 0 saturated carbocycles. The van der Waals surface area contributed by atoms with Crippen molar-refractivity contribution in [1.29, 1.82) is 0 Å². The Kier molecular flexibility index (Phi) is 4.41. The maximum absolute atomic E-state index is 11.6. The minimum absolute atomic E-state index is 0.251. The second-order valence-electron chi connectivity index (χ2n) is 3.03. The fourth-order valence-electron chi connectivity index (χ4n) is 1.04. The number of hydrogen-bond acceptors (Lipinski definition) is 4. The molecule has 4 N–H and O–H groups in total. The summed E-state index contributed by atoms with van der Waals surface area (Å²) >= 11 is 1.15. The van der Waals surface area contributed by atoms with Gasteiger partial charge in [0.2, 0.25) is 5.91 Å². The minimum Gasteiger partial charge on any atom is -0.478 e. The third-order valence-corrected chi connectivity index (χ3v) is 2.66. The van der Waals surface area contributed by atoms with Gasteiger partial charge in [0.15, 0.2) is 0 Å². The molecule has 7 heteroatoms. The highest BCUT2D eigenvalue weighted by atomic mass is 32.1. The van der Waals surface area contributed by atoms with Gasteiger partial charge in [-0.05, 0) is 23.1 Å². The van der Waals surface area contributed by atoms with Crippen molar-refractivity contribution in [2.75, 3.05) is 6.54 Å². The highest BCUT2D eigenvalue weighted by Crippen LogP contribution is 2.18. The largest absolute Gasteiger partial charge is 0.478 e. The number of nitrogens with one attached hydrogen (secondary N) is 1. The summed E-state index contributed by atoms with van der Waals surface area (Å²) in [5, 5.41) is 12.5. The van der Waals surface area contributed by atoms with Gasteiger partial charge in [0, 0.05) is 6.08 Å². The molecule has 0 bridgehead atoms. The van der Waals surface area contributed by atoms with Gasteiger partial charge in [0.25, 0.3) is 5.91 Å². The van der Waals surface area contributed by atoms with Gasteiger partial charge in [0.1, 0.15) is 0 Å². The smallest absolute Gasteiger partial charge is 0.328 e. The van der Waals surface area contributed by atoms with E-state index in [2.05, 4.69) is 5.32 Å². The molecule has 0 fully saturated rings. The standard InChI is InChI=1S/C10H10N2O4S/c11-7(13)5-12-10(16)9-6(3-4-17-9)1-2-8(14)15/h1-4H,5H2,(H2,11,13)(H,12,16)(H,14,15)/b2-1+. The van der Waals surface area contributed by atoms with Crippen LogP contribution < -0.4 is 11.1 Å². The van der Waals surface area contributed by atoms with Crippen LogP contribution in [0.15, 0.2) is 17.5 Å². The van der Waals surface area contributed by atoms with Crippen molar-refractivity contribution >= 4 is 35.2 Å². The van der Waals surface area contributed by atoms with Gasteiger partial charge in [-0.25, -0.2) is 4.79 Å². The Morgan fingerprint density at radius 3 is 2.76 bits per heavy atom. The molecule has 0 unspecified atom stereocenters. The number of primary amides is 1. The van der Waals surface area contributed by atoms with E-state index in [1.165, 1.54) is 6.08 Å². The zero-order valence-electron chi connectivity index (χ0n) is 8.67. The number of rotatable bonds is 5. The highest BCUT2D eigenvalue weighted by molar-refractivity contribution is 7.12. The summed E-state index contributed by atoms with van der Waals surface area (Å²) < 4.78 is 0. The van der Waals surface area contributed by atoms with E-state index in [9.17, 15) is 14.4 Å². The van der Waals surface area contributed by atoms with E-state index >= 15 is 0 Å². The molecule has 0 saturated heterocycles. The Bertz CT molecular complexity index is 478. The van der Waals surface area contributed by atoms with E-state index < -0.39 is 17.8 Å². The Hall–Kier alpha value is -2.15. The van der Waals surface area contributed by atoms with E-state index in [4.69, 9.17) is 10.8 Å². The number of aliphatic carboxylic acids is 1. The van der Waals surface area contributed by atoms with Crippen LogP contribution in [0.5, 0.6) is 0 Å². The van der Waals surface area contributed by atoms with Crippen LogP contribution in [0.2, 0.25) is 0 Å². The molecule has 1 aromatic rings. The second kappa shape index (κ2) is 5.80. The summed E-state index contributed by atoms with van der Waals surface area (Å²) in [6, 6.07) is 1.61. The third-order valence-electron chi connectivity index (χ3n) is 1.73. The molecule has 17 heavy (non-hydrogen) atoms. The lowest BCUT2D eigenvalue weighted by Crippen LogP contribution is -2.33. The number of carboxylic acid groups (broad SMARTS) is 1. The van der Waals surface area contributed by atoms with Crippen LogP contribution in [-0.2, 0) is 9.59 Å². The molecule has 0 aliphatic heterocycles. The van der Waals surface area contributed by atoms with Crippen LogP contribution >= 0.6 is 11.3 Å². The molecule has 2 amide bonds. The summed E-state index contributed by atoms with van der Waals surface area (Å²) in [6.07, 6.45) is 2.25. The van der Waals surface area contributed by atoms with Crippen LogP contribution in [0.4, 0.5) is 0 Å². The van der Waals surface area contributed by atoms with E-state index in [0.29, 0.717) is 10.4 Å². The Morgan fingerprint density at radius 1 is 1.47 bits per heavy atom. The van der Waals surface area contributed by atoms with Crippen molar-refractivity contribution in [2.45, 2.75) is 0 Å². The molecule has 90 valence electrons. The first-order valence-electron chi connectivity index (χ1n) is 4.55. The number of carboxylic acids is 1. The van der Waals surface area contributed by atoms with E-state index in [1.807, 2.05) is 0 Å². The van der Waals surface area contributed by atoms with Gasteiger partial charge in [0.05, 0.1) is 11.4 Å². The summed E-state index contributed by atoms with van der Waals surface area (Å²) in [5.74, 6) is -2.19. The van der Waals surface area contributed by atoms with E-state index in [0.717, 1.165) is 17.4 Å². The predicted octanol–water partition coefficient (Wildman–Crippen LogP) is 0.0610. The van der Waals surface area contributed by atoms with Crippen molar-refractivity contribution in [3.05, 3.63) is 28.0 Å². The molecule has 6 nitrogen and oxygen atoms in total. The maximum atomic E-state index is 11.6. The average molecular weight is 254 g/mol. The molecule has 0 radical (unpaired) electrons. The van der Waals surface area contributed by atoms with Crippen LogP contribution in [-0.4, -0.2) is 29.4 Å². The molecule has 0 atom stereocenters. The molecule has 0 aliphatic carbocycles. The highest BCUT2D eigenvalue weighted by Gasteiger charge is 2.11. The normalized spacial score (nSPS) is 10.4. The number of nitrogens with two attached hydrogens (primary N) is 1. The lowest BCUT2D eigenvalue weighted by Gasteiger charge is -2.01. The molecule has 1 rings (SSSR count). The van der Waals surface area contributed by atoms with Crippen molar-refractivity contribution in [3.8, 4) is 0 Å². The fraction of sp³-hybridized carbons (Fsp3) is 0.100. The SMILES string of the molecule is NC(=O)CNC(=O)c1sccc1/C=C/C(=O)O. The van der Waals surface area contributed by atoms with Gasteiger partial charge in [-0.3, -0.25) is 9.59 Å². The van der Waals surface area contributed by atoms with Gasteiger partial charge in [-0.2, -0.15) is 0 Å². The van der Waals surface area contributed by atoms with E-state index in [-0.39, 0.29) is 6.54 Å². The zero-order chi connectivity index (χ0) is 12.8. The quantitative estimate of drug-likeness (QED) is 0.645. The summed E-state index contributed by atoms with van der Waals surface area (Å²) in [4.78, 5) is 32.8. The molecule has 0 aliphatic rings. The number of hydrogen-bond donors (Lipinski definition) is 3. The van der Waals surface area contributed by atoms with Crippen LogP contribution in [0, 0.1) is 0 Å². The maximum Gasteiger partial charge on any atom is 0.328 e. The van der Waals surface area contributed by atoms with Gasteiger partial charge < -0.3 is 16.2 Å². The van der Waals surface area contributed by atoms with E-state index in [1.54, 1.807) is 11.4 Å². The van der Waals surface area contributed by atoms with Crippen LogP contribution in [0.25, 0.3) is 6.08 Å². The van der Waals surface area contributed by atoms with Crippen LogP contribution in [0.1, 0.15) is 15.2 Å². The van der Waals surface area contributed by atoms with Gasteiger partial charge in [-0.1, -0.05) is 0 Å². The van der Waals surface area contributed by atoms with Crippen LogP contribution in [0.3, 0.4) is 0 Å². The lowest BCUT2D eigenvalue weighted by molar-refractivity contribution is -0.131. The van der Waals surface area contributed by atoms with Crippen molar-refractivity contribution < 1.29 is 19.5 Å². The Balaban J connectivity index is 2.77. The first-order chi connectivity index (χ1) is 8.00. The van der Waals surface area contributed by atoms with Crippen molar-refractivity contribution in [3.63, 3.8) is 0 Å². The summed E-state index contributed by atoms with van der Waals surface area (Å²) in [6.45, 7) is -0.251. The first kappa shape index (κ1) is 12.9. The number of amides is 2. The zero-order valence-corrected chi connectivity index (χ0v) is 9.49. The number of carbonyl (C=O) groups is 3. The minimum atomic E-state index is -1.10.